The SMILES string of the molecule is CCc1ccc(N[C@@H]2NC(=O)/C(=C\c3cc(Br)c(OC)c(OC)c3)S2)cc1. The van der Waals surface area contributed by atoms with Gasteiger partial charge in [0.25, 0.3) is 5.91 Å². The molecule has 7 heteroatoms. The average molecular weight is 449 g/mol. The Morgan fingerprint density at radius 3 is 2.59 bits per heavy atom. The van der Waals surface area contributed by atoms with Gasteiger partial charge in [0.1, 0.15) is 0 Å². The van der Waals surface area contributed by atoms with Crippen LogP contribution < -0.4 is 20.1 Å². The van der Waals surface area contributed by atoms with Crippen LogP contribution in [0.3, 0.4) is 0 Å². The summed E-state index contributed by atoms with van der Waals surface area (Å²) < 4.78 is 11.5. The lowest BCUT2D eigenvalue weighted by Gasteiger charge is -2.13. The number of benzene rings is 2. The fourth-order valence-electron chi connectivity index (χ4n) is 2.73. The molecule has 0 bridgehead atoms. The van der Waals surface area contributed by atoms with E-state index < -0.39 is 0 Å². The number of rotatable bonds is 6. The highest BCUT2D eigenvalue weighted by atomic mass is 79.9. The van der Waals surface area contributed by atoms with Crippen molar-refractivity contribution < 1.29 is 14.3 Å². The fraction of sp³-hybridized carbons (Fsp3) is 0.250. The van der Waals surface area contributed by atoms with Gasteiger partial charge < -0.3 is 20.1 Å². The molecule has 27 heavy (non-hydrogen) atoms. The molecule has 1 fully saturated rings. The van der Waals surface area contributed by atoms with Gasteiger partial charge in [-0.3, -0.25) is 4.79 Å². The molecule has 0 saturated carbocycles. The second kappa shape index (κ2) is 8.71. The maximum absolute atomic E-state index is 12.3. The molecule has 2 aromatic carbocycles. The molecule has 0 spiro atoms. The van der Waals surface area contributed by atoms with Gasteiger partial charge >= 0.3 is 0 Å². The number of thioether (sulfide) groups is 1. The van der Waals surface area contributed by atoms with E-state index in [1.54, 1.807) is 14.2 Å². The molecule has 1 aliphatic heterocycles. The van der Waals surface area contributed by atoms with Crippen molar-refractivity contribution in [2.45, 2.75) is 18.8 Å². The Kier molecular flexibility index (Phi) is 6.34. The van der Waals surface area contributed by atoms with Crippen molar-refractivity contribution in [2.24, 2.45) is 0 Å². The number of ether oxygens (including phenoxy) is 2. The van der Waals surface area contributed by atoms with Crippen LogP contribution in [-0.4, -0.2) is 25.6 Å². The molecule has 3 rings (SSSR count). The molecule has 0 aromatic heterocycles. The van der Waals surface area contributed by atoms with E-state index in [2.05, 4.69) is 45.6 Å². The monoisotopic (exact) mass is 448 g/mol. The molecule has 142 valence electrons. The van der Waals surface area contributed by atoms with Crippen molar-refractivity contribution in [3.05, 3.63) is 56.9 Å². The number of hydrogen-bond acceptors (Lipinski definition) is 5. The Labute approximate surface area is 171 Å². The minimum Gasteiger partial charge on any atom is -0.493 e. The smallest absolute Gasteiger partial charge is 0.260 e. The Hall–Kier alpha value is -2.12. The van der Waals surface area contributed by atoms with Gasteiger partial charge in [0, 0.05) is 5.69 Å². The normalized spacial score (nSPS) is 17.7. The van der Waals surface area contributed by atoms with Crippen LogP contribution in [0.4, 0.5) is 5.69 Å². The van der Waals surface area contributed by atoms with E-state index in [1.165, 1.54) is 17.3 Å². The van der Waals surface area contributed by atoms with Crippen molar-refractivity contribution in [3.63, 3.8) is 0 Å². The number of anilines is 1. The Morgan fingerprint density at radius 2 is 1.96 bits per heavy atom. The molecule has 5 nitrogen and oxygen atoms in total. The number of hydrogen-bond donors (Lipinski definition) is 2. The lowest BCUT2D eigenvalue weighted by molar-refractivity contribution is -0.116. The molecule has 1 atom stereocenters. The summed E-state index contributed by atoms with van der Waals surface area (Å²) in [4.78, 5) is 13.0. The van der Waals surface area contributed by atoms with Gasteiger partial charge in [0.2, 0.25) is 0 Å². The second-order valence-corrected chi connectivity index (χ2v) is 7.91. The van der Waals surface area contributed by atoms with E-state index in [0.717, 1.165) is 22.1 Å². The zero-order valence-electron chi connectivity index (χ0n) is 15.3. The van der Waals surface area contributed by atoms with Crippen LogP contribution in [-0.2, 0) is 11.2 Å². The summed E-state index contributed by atoms with van der Waals surface area (Å²) in [6.45, 7) is 2.12. The van der Waals surface area contributed by atoms with Crippen LogP contribution in [0.25, 0.3) is 6.08 Å². The lowest BCUT2D eigenvalue weighted by Crippen LogP contribution is -2.30. The molecule has 1 heterocycles. The van der Waals surface area contributed by atoms with Crippen molar-refractivity contribution in [1.82, 2.24) is 5.32 Å². The Balaban J connectivity index is 1.76. The van der Waals surface area contributed by atoms with Crippen LogP contribution in [0.2, 0.25) is 0 Å². The third kappa shape index (κ3) is 4.59. The molecular weight excluding hydrogens is 428 g/mol. The fourth-order valence-corrected chi connectivity index (χ4v) is 4.33. The molecule has 1 amide bonds. The van der Waals surface area contributed by atoms with E-state index in [-0.39, 0.29) is 11.4 Å². The molecule has 2 N–H and O–H groups in total. The quantitative estimate of drug-likeness (QED) is 0.630. The summed E-state index contributed by atoms with van der Waals surface area (Å²) in [7, 11) is 3.17. The van der Waals surface area contributed by atoms with E-state index in [9.17, 15) is 4.79 Å². The van der Waals surface area contributed by atoms with Crippen molar-refractivity contribution in [1.29, 1.82) is 0 Å². The van der Waals surface area contributed by atoms with Gasteiger partial charge in [-0.15, -0.1) is 0 Å². The molecule has 1 aliphatic rings. The van der Waals surface area contributed by atoms with Gasteiger partial charge in [-0.1, -0.05) is 30.8 Å². The van der Waals surface area contributed by atoms with E-state index >= 15 is 0 Å². The number of carbonyl (C=O) groups is 1. The number of carbonyl (C=O) groups excluding carboxylic acids is 1. The van der Waals surface area contributed by atoms with Crippen LogP contribution in [0, 0.1) is 0 Å². The first-order valence-corrected chi connectivity index (χ1v) is 10.2. The maximum Gasteiger partial charge on any atom is 0.260 e. The topological polar surface area (TPSA) is 59.6 Å². The molecular formula is C20H21BrN2O3S. The molecule has 0 aliphatic carbocycles. The molecule has 0 radical (unpaired) electrons. The Morgan fingerprint density at radius 1 is 1.22 bits per heavy atom. The molecule has 0 unspecified atom stereocenters. The van der Waals surface area contributed by atoms with Gasteiger partial charge in [0.05, 0.1) is 23.6 Å². The predicted molar refractivity (Wildman–Crippen MR) is 114 cm³/mol. The first-order valence-electron chi connectivity index (χ1n) is 8.50. The third-order valence-corrected chi connectivity index (χ3v) is 5.76. The molecule has 2 aromatic rings. The average Bonchev–Trinajstić information content (AvgIpc) is 3.00. The number of halogens is 1. The minimum atomic E-state index is -0.209. The van der Waals surface area contributed by atoms with E-state index in [1.807, 2.05) is 30.3 Å². The number of amides is 1. The van der Waals surface area contributed by atoms with Crippen molar-refractivity contribution >= 4 is 45.4 Å². The highest BCUT2D eigenvalue weighted by Gasteiger charge is 2.27. The first kappa shape index (κ1) is 19.6. The zero-order valence-corrected chi connectivity index (χ0v) is 17.7. The van der Waals surface area contributed by atoms with Crippen molar-refractivity contribution in [3.8, 4) is 11.5 Å². The van der Waals surface area contributed by atoms with Crippen LogP contribution in [0.5, 0.6) is 11.5 Å². The number of nitrogens with one attached hydrogen (secondary N) is 2. The first-order chi connectivity index (χ1) is 13.0. The summed E-state index contributed by atoms with van der Waals surface area (Å²) in [5.41, 5.74) is 2.90. The van der Waals surface area contributed by atoms with Gasteiger partial charge in [-0.05, 0) is 63.8 Å². The summed E-state index contributed by atoms with van der Waals surface area (Å²) in [5, 5.41) is 6.27. The summed E-state index contributed by atoms with van der Waals surface area (Å²) >= 11 is 4.93. The highest BCUT2D eigenvalue weighted by molar-refractivity contribution is 9.10. The van der Waals surface area contributed by atoms with Gasteiger partial charge in [-0.2, -0.15) is 0 Å². The van der Waals surface area contributed by atoms with Crippen molar-refractivity contribution in [2.75, 3.05) is 19.5 Å². The number of methoxy groups -OCH3 is 2. The number of aryl methyl sites for hydroxylation is 1. The summed E-state index contributed by atoms with van der Waals surface area (Å²) in [6.07, 6.45) is 2.84. The van der Waals surface area contributed by atoms with E-state index in [0.29, 0.717) is 16.4 Å². The highest BCUT2D eigenvalue weighted by Crippen LogP contribution is 2.38. The Bertz CT molecular complexity index is 868. The van der Waals surface area contributed by atoms with Crippen LogP contribution >= 0.6 is 27.7 Å². The van der Waals surface area contributed by atoms with Gasteiger partial charge in [0.15, 0.2) is 17.0 Å². The predicted octanol–water partition coefficient (Wildman–Crippen LogP) is 4.63. The standard InChI is InChI=1S/C20H21BrN2O3S/c1-4-12-5-7-14(8-6-12)22-20-23-19(24)17(27-20)11-13-9-15(21)18(26-3)16(10-13)25-2/h5-11,20,22H,4H2,1-3H3,(H,23,24)/b17-11+/t20-/m1/s1. The largest absolute Gasteiger partial charge is 0.493 e. The third-order valence-electron chi connectivity index (χ3n) is 4.14. The zero-order chi connectivity index (χ0) is 19.4. The summed E-state index contributed by atoms with van der Waals surface area (Å²) in [6, 6.07) is 12.0. The maximum atomic E-state index is 12.3. The lowest BCUT2D eigenvalue weighted by atomic mass is 10.1. The second-order valence-electron chi connectivity index (χ2n) is 5.91. The van der Waals surface area contributed by atoms with E-state index in [4.69, 9.17) is 9.47 Å². The molecule has 1 saturated heterocycles. The summed E-state index contributed by atoms with van der Waals surface area (Å²) in [5.74, 6) is 1.12. The van der Waals surface area contributed by atoms with Crippen LogP contribution in [0.1, 0.15) is 18.1 Å². The van der Waals surface area contributed by atoms with Gasteiger partial charge in [-0.25, -0.2) is 0 Å². The van der Waals surface area contributed by atoms with Crippen LogP contribution in [0.15, 0.2) is 45.8 Å². The minimum absolute atomic E-state index is 0.103.